The fraction of sp³-hybridized carbons (Fsp3) is 0.348. The van der Waals surface area contributed by atoms with Gasteiger partial charge in [-0.3, -0.25) is 10.1 Å². The Labute approximate surface area is 197 Å². The highest BCUT2D eigenvalue weighted by Gasteiger charge is 2.28. The fourth-order valence-electron chi connectivity index (χ4n) is 3.64. The molecular weight excluding hydrogens is 460 g/mol. The topological polar surface area (TPSA) is 105 Å². The van der Waals surface area contributed by atoms with Gasteiger partial charge in [-0.15, -0.1) is 16.9 Å². The van der Waals surface area contributed by atoms with Crippen LogP contribution in [0.15, 0.2) is 68.8 Å². The number of sulfonamides is 1. The van der Waals surface area contributed by atoms with E-state index in [1.54, 1.807) is 11.8 Å². The van der Waals surface area contributed by atoms with Crippen LogP contribution in [0.3, 0.4) is 0 Å². The number of thioether (sulfide) groups is 1. The Morgan fingerprint density at radius 2 is 1.91 bits per heavy atom. The van der Waals surface area contributed by atoms with Crippen molar-refractivity contribution < 1.29 is 17.6 Å². The third-order valence-electron chi connectivity index (χ3n) is 5.39. The number of hydrogen-bond donors (Lipinski definition) is 1. The molecule has 1 fully saturated rings. The monoisotopic (exact) mass is 486 g/mol. The average Bonchev–Trinajstić information content (AvgIpc) is 3.27. The maximum Gasteiger partial charge on any atom is 0.322 e. The predicted octanol–water partition coefficient (Wildman–Crippen LogP) is 4.08. The van der Waals surface area contributed by atoms with Crippen LogP contribution in [0.4, 0.5) is 6.01 Å². The number of carbonyl (C=O) groups is 1. The first-order chi connectivity index (χ1) is 15.9. The van der Waals surface area contributed by atoms with Crippen molar-refractivity contribution in [2.75, 3.05) is 24.2 Å². The van der Waals surface area contributed by atoms with Gasteiger partial charge in [-0.2, -0.15) is 4.31 Å². The fourth-order valence-corrected chi connectivity index (χ4v) is 6.10. The molecule has 1 unspecified atom stereocenters. The first-order valence-corrected chi connectivity index (χ1v) is 13.3. The Bertz CT molecular complexity index is 1180. The van der Waals surface area contributed by atoms with E-state index in [1.807, 2.05) is 30.3 Å². The molecule has 0 saturated carbocycles. The summed E-state index contributed by atoms with van der Waals surface area (Å²) >= 11 is 1.68. The van der Waals surface area contributed by atoms with E-state index in [-0.39, 0.29) is 10.9 Å². The highest BCUT2D eigenvalue weighted by molar-refractivity contribution is 7.99. The summed E-state index contributed by atoms with van der Waals surface area (Å²) in [5.41, 5.74) is 0.306. The van der Waals surface area contributed by atoms with Crippen LogP contribution in [0.1, 0.15) is 36.0 Å². The zero-order valence-electron chi connectivity index (χ0n) is 18.3. The Balaban J connectivity index is 1.32. The Hall–Kier alpha value is -2.69. The number of amides is 1. The lowest BCUT2D eigenvalue weighted by molar-refractivity contribution is 0.102. The number of hydrogen-bond acceptors (Lipinski definition) is 7. The lowest BCUT2D eigenvalue weighted by atomic mass is 10.0. The minimum Gasteiger partial charge on any atom is -0.408 e. The van der Waals surface area contributed by atoms with Gasteiger partial charge in [-0.25, -0.2) is 8.42 Å². The Morgan fingerprint density at radius 3 is 2.64 bits per heavy atom. The number of piperidine rings is 1. The van der Waals surface area contributed by atoms with Crippen LogP contribution in [0, 0.1) is 5.92 Å². The second kappa shape index (κ2) is 10.5. The summed E-state index contributed by atoms with van der Waals surface area (Å²) < 4.78 is 32.8. The average molecular weight is 487 g/mol. The van der Waals surface area contributed by atoms with E-state index in [1.165, 1.54) is 28.6 Å². The van der Waals surface area contributed by atoms with Crippen LogP contribution >= 0.6 is 11.8 Å². The van der Waals surface area contributed by atoms with Gasteiger partial charge in [0.25, 0.3) is 5.91 Å². The predicted molar refractivity (Wildman–Crippen MR) is 127 cm³/mol. The summed E-state index contributed by atoms with van der Waals surface area (Å²) in [7, 11) is -3.56. The molecule has 0 radical (unpaired) electrons. The Kier molecular flexibility index (Phi) is 7.46. The minimum absolute atomic E-state index is 0.0127. The number of anilines is 1. The van der Waals surface area contributed by atoms with Gasteiger partial charge in [0.05, 0.1) is 4.90 Å². The molecule has 4 rings (SSSR count). The van der Waals surface area contributed by atoms with Crippen molar-refractivity contribution >= 4 is 33.7 Å². The summed E-state index contributed by atoms with van der Waals surface area (Å²) in [4.78, 5) is 13.9. The summed E-state index contributed by atoms with van der Waals surface area (Å²) in [5.74, 6) is 1.10. The number of nitrogens with zero attached hydrogens (tertiary/aromatic N) is 3. The zero-order chi connectivity index (χ0) is 23.3. The van der Waals surface area contributed by atoms with Crippen molar-refractivity contribution in [3.8, 4) is 0 Å². The van der Waals surface area contributed by atoms with Gasteiger partial charge in [0.2, 0.25) is 15.9 Å². The number of aromatic nitrogens is 2. The second-order valence-electron chi connectivity index (χ2n) is 8.00. The highest BCUT2D eigenvalue weighted by atomic mass is 32.2. The van der Waals surface area contributed by atoms with Gasteiger partial charge < -0.3 is 4.42 Å². The van der Waals surface area contributed by atoms with Crippen LogP contribution in [0.25, 0.3) is 0 Å². The number of nitrogens with one attached hydrogen (secondary N) is 1. The van der Waals surface area contributed by atoms with E-state index in [9.17, 15) is 13.2 Å². The summed E-state index contributed by atoms with van der Waals surface area (Å²) in [5, 5.41) is 10.4. The van der Waals surface area contributed by atoms with Gasteiger partial charge in [-0.1, -0.05) is 30.2 Å². The summed E-state index contributed by atoms with van der Waals surface area (Å²) in [6.45, 7) is 3.10. The lowest BCUT2D eigenvalue weighted by Gasteiger charge is -2.30. The van der Waals surface area contributed by atoms with Crippen LogP contribution in [-0.4, -0.2) is 47.7 Å². The Morgan fingerprint density at radius 1 is 1.15 bits per heavy atom. The van der Waals surface area contributed by atoms with Crippen LogP contribution in [0.2, 0.25) is 0 Å². The number of rotatable bonds is 8. The minimum atomic E-state index is -3.56. The molecule has 0 bridgehead atoms. The maximum atomic E-state index is 12.9. The molecule has 2 aromatic carbocycles. The smallest absolute Gasteiger partial charge is 0.322 e. The van der Waals surface area contributed by atoms with E-state index in [0.717, 1.165) is 23.5 Å². The molecule has 1 aromatic heterocycles. The number of aryl methyl sites for hydroxylation is 1. The molecule has 1 atom stereocenters. The van der Waals surface area contributed by atoms with Crippen molar-refractivity contribution in [1.82, 2.24) is 14.5 Å². The second-order valence-corrected chi connectivity index (χ2v) is 11.1. The molecule has 1 aliphatic heterocycles. The van der Waals surface area contributed by atoms with E-state index >= 15 is 0 Å². The maximum absolute atomic E-state index is 12.9. The van der Waals surface area contributed by atoms with Crippen molar-refractivity contribution in [2.24, 2.45) is 5.92 Å². The lowest BCUT2D eigenvalue weighted by Crippen LogP contribution is -2.39. The molecule has 8 nitrogen and oxygen atoms in total. The highest BCUT2D eigenvalue weighted by Crippen LogP contribution is 2.24. The molecule has 1 N–H and O–H groups in total. The molecule has 1 saturated heterocycles. The first kappa shape index (κ1) is 23.5. The molecule has 0 spiro atoms. The number of benzene rings is 2. The van der Waals surface area contributed by atoms with E-state index in [4.69, 9.17) is 4.42 Å². The van der Waals surface area contributed by atoms with Gasteiger partial charge in [0, 0.05) is 35.7 Å². The SMILES string of the molecule is CC1CCCN(S(=O)(=O)c2ccc(C(=O)Nc3nnc(CCSc4ccccc4)o3)cc2)C1. The van der Waals surface area contributed by atoms with E-state index in [0.29, 0.717) is 36.9 Å². The molecule has 2 heterocycles. The quantitative estimate of drug-likeness (QED) is 0.478. The molecule has 0 aliphatic carbocycles. The van der Waals surface area contributed by atoms with Gasteiger partial charge in [0.1, 0.15) is 0 Å². The van der Waals surface area contributed by atoms with Crippen LogP contribution in [0.5, 0.6) is 0 Å². The molecule has 10 heteroatoms. The third-order valence-corrected chi connectivity index (χ3v) is 8.28. The van der Waals surface area contributed by atoms with Gasteiger partial charge in [-0.05, 0) is 55.2 Å². The van der Waals surface area contributed by atoms with E-state index < -0.39 is 15.9 Å². The summed E-state index contributed by atoms with van der Waals surface area (Å²) in [6, 6.07) is 15.9. The third kappa shape index (κ3) is 6.01. The molecular formula is C23H26N4O4S2. The standard InChI is InChI=1S/C23H26N4O4S2/c1-17-6-5-14-27(16-17)33(29,30)20-11-9-18(10-12-20)22(28)24-23-26-25-21(31-23)13-15-32-19-7-3-2-4-8-19/h2-4,7-12,17H,5-6,13-16H2,1H3,(H,24,26,28). The molecule has 3 aromatic rings. The zero-order valence-corrected chi connectivity index (χ0v) is 19.9. The normalized spacial score (nSPS) is 17.1. The van der Waals surface area contributed by atoms with Crippen molar-refractivity contribution in [3.05, 3.63) is 66.1 Å². The summed E-state index contributed by atoms with van der Waals surface area (Å²) in [6.07, 6.45) is 2.47. The molecule has 1 amide bonds. The van der Waals surface area contributed by atoms with Crippen LogP contribution in [-0.2, 0) is 16.4 Å². The number of carbonyl (C=O) groups excluding carboxylic acids is 1. The molecule has 174 valence electrons. The molecule has 1 aliphatic rings. The first-order valence-electron chi connectivity index (χ1n) is 10.8. The largest absolute Gasteiger partial charge is 0.408 e. The van der Waals surface area contributed by atoms with Crippen molar-refractivity contribution in [2.45, 2.75) is 36.0 Å². The van der Waals surface area contributed by atoms with Crippen molar-refractivity contribution in [3.63, 3.8) is 0 Å². The van der Waals surface area contributed by atoms with Gasteiger partial charge >= 0.3 is 6.01 Å². The van der Waals surface area contributed by atoms with Gasteiger partial charge in [0.15, 0.2) is 0 Å². The van der Waals surface area contributed by atoms with Crippen LogP contribution < -0.4 is 5.32 Å². The van der Waals surface area contributed by atoms with E-state index in [2.05, 4.69) is 22.4 Å². The van der Waals surface area contributed by atoms with Crippen molar-refractivity contribution in [1.29, 1.82) is 0 Å². The molecule has 33 heavy (non-hydrogen) atoms.